The fourth-order valence-corrected chi connectivity index (χ4v) is 7.76. The van der Waals surface area contributed by atoms with Gasteiger partial charge < -0.3 is 40.7 Å². The Morgan fingerprint density at radius 3 is 2.05 bits per heavy atom. The number of aliphatic hydroxyl groups excluding tert-OH is 1. The molecule has 1 aliphatic rings. The first-order chi connectivity index (χ1) is 28.4. The van der Waals surface area contributed by atoms with Crippen molar-refractivity contribution in [2.75, 3.05) is 20.2 Å². The molecule has 5 amide bonds. The van der Waals surface area contributed by atoms with Crippen molar-refractivity contribution < 1.29 is 34.1 Å². The molecule has 5 atom stereocenters. The lowest BCUT2D eigenvalue weighted by atomic mass is 9.84. The fourth-order valence-electron chi connectivity index (χ4n) is 7.76. The summed E-state index contributed by atoms with van der Waals surface area (Å²) in [5, 5.41) is 30.3. The summed E-state index contributed by atoms with van der Waals surface area (Å²) in [5.74, 6) is -0.241. The minimum Gasteiger partial charge on any atom is -0.497 e. The average Bonchev–Trinajstić information content (AvgIpc) is 3.54. The molecule has 1 aromatic heterocycles. The number of aromatic nitrogens is 1. The van der Waals surface area contributed by atoms with E-state index in [0.717, 1.165) is 27.9 Å². The Balaban J connectivity index is 1.41. The number of methoxy groups -OCH3 is 1. The molecular weight excluding hydrogens is 761 g/mol. The molecule has 0 bridgehead atoms. The predicted octanol–water partition coefficient (Wildman–Crippen LogP) is 6.30. The van der Waals surface area contributed by atoms with E-state index < -0.39 is 59.0 Å². The molecule has 0 aliphatic carbocycles. The van der Waals surface area contributed by atoms with E-state index >= 15 is 0 Å². The largest absolute Gasteiger partial charge is 0.497 e. The smallest absolute Gasteiger partial charge is 0.405 e. The molecule has 60 heavy (non-hydrogen) atoms. The fraction of sp³-hybridized carbons (Fsp3) is 0.426. The number of ether oxygens (including phenoxy) is 1. The van der Waals surface area contributed by atoms with Gasteiger partial charge in [-0.05, 0) is 71.0 Å². The lowest BCUT2D eigenvalue weighted by molar-refractivity contribution is -0.131. The van der Waals surface area contributed by atoms with Crippen molar-refractivity contribution >= 4 is 23.9 Å². The maximum atomic E-state index is 14.6. The number of aliphatic hydroxyl groups is 1. The Hall–Kier alpha value is -5.95. The number of pyridine rings is 1. The van der Waals surface area contributed by atoms with Crippen molar-refractivity contribution in [3.8, 4) is 17.0 Å². The summed E-state index contributed by atoms with van der Waals surface area (Å²) in [4.78, 5) is 62.0. The van der Waals surface area contributed by atoms with E-state index in [1.807, 2.05) is 118 Å². The minimum atomic E-state index is -1.33. The average molecular weight is 821 g/mol. The zero-order valence-electron chi connectivity index (χ0n) is 35.7. The first kappa shape index (κ1) is 45.1. The molecule has 320 valence electrons. The van der Waals surface area contributed by atoms with Crippen molar-refractivity contribution in [3.05, 3.63) is 120 Å². The number of hydrogen-bond donors (Lipinski definition) is 5. The summed E-state index contributed by atoms with van der Waals surface area (Å²) in [5.41, 5.74) is 2.94. The number of hydrogen-bond acceptors (Lipinski definition) is 7. The SMILES string of the molecule is COc1cccc(CN2CCN([C@H](C(=O)N[C@@H](Cc3ccccc3)[C@@H](O)C[C@@H](Cc3ccc(-c4ccccn4)cc3)NC(=O)[C@@H](NC(=O)O)C(C)(C)C)C(C)(C)C)C2=O)c1. The molecule has 0 spiro atoms. The summed E-state index contributed by atoms with van der Waals surface area (Å²) in [6.07, 6.45) is -0.185. The summed E-state index contributed by atoms with van der Waals surface area (Å²) < 4.78 is 5.38. The predicted molar refractivity (Wildman–Crippen MR) is 231 cm³/mol. The Kier molecular flexibility index (Phi) is 14.9. The summed E-state index contributed by atoms with van der Waals surface area (Å²) in [6, 6.07) is 26.8. The quantitative estimate of drug-likeness (QED) is 0.0826. The van der Waals surface area contributed by atoms with Gasteiger partial charge in [0, 0.05) is 37.4 Å². The second kappa shape index (κ2) is 19.9. The number of amides is 5. The molecule has 5 rings (SSSR count). The van der Waals surface area contributed by atoms with Crippen LogP contribution in [-0.4, -0.2) is 99.4 Å². The van der Waals surface area contributed by atoms with E-state index in [0.29, 0.717) is 31.8 Å². The molecule has 1 saturated heterocycles. The van der Waals surface area contributed by atoms with Crippen molar-refractivity contribution in [1.82, 2.24) is 30.7 Å². The van der Waals surface area contributed by atoms with Gasteiger partial charge in [-0.25, -0.2) is 9.59 Å². The van der Waals surface area contributed by atoms with Gasteiger partial charge in [0.1, 0.15) is 17.8 Å². The Morgan fingerprint density at radius 2 is 1.43 bits per heavy atom. The molecular formula is C47H60N6O7. The standard InChI is InChI=1S/C47H60N6O7/c1-46(2,3)40(51-44(57)58)42(55)49-35(26-32-19-21-34(22-20-32)37-18-11-12-23-48-37)29-39(54)38(28-31-14-9-8-10-15-31)50-43(56)41(47(4,5)6)53-25-24-52(45(53)59)30-33-16-13-17-36(27-33)60-7/h8-23,27,35,38-41,51,54H,24-26,28-30H2,1-7H3,(H,49,55)(H,50,56)(H,57,58)/t35-,38+,39+,40-,41-/m1/s1. The monoisotopic (exact) mass is 820 g/mol. The Morgan fingerprint density at radius 1 is 0.767 bits per heavy atom. The molecule has 13 nitrogen and oxygen atoms in total. The van der Waals surface area contributed by atoms with Gasteiger partial charge in [-0.15, -0.1) is 0 Å². The highest BCUT2D eigenvalue weighted by atomic mass is 16.5. The topological polar surface area (TPSA) is 173 Å². The van der Waals surface area contributed by atoms with Crippen LogP contribution < -0.4 is 20.7 Å². The van der Waals surface area contributed by atoms with E-state index in [9.17, 15) is 29.4 Å². The van der Waals surface area contributed by atoms with Gasteiger partial charge in [0.2, 0.25) is 11.8 Å². The number of carboxylic acid groups (broad SMARTS) is 1. The van der Waals surface area contributed by atoms with Crippen LogP contribution in [0.1, 0.15) is 64.7 Å². The van der Waals surface area contributed by atoms with E-state index in [4.69, 9.17) is 4.74 Å². The van der Waals surface area contributed by atoms with E-state index in [2.05, 4.69) is 20.9 Å². The van der Waals surface area contributed by atoms with Crippen LogP contribution in [0.5, 0.6) is 5.75 Å². The number of carbonyl (C=O) groups excluding carboxylic acids is 3. The number of carbonyl (C=O) groups is 4. The van der Waals surface area contributed by atoms with Crippen molar-refractivity contribution in [3.63, 3.8) is 0 Å². The third-order valence-electron chi connectivity index (χ3n) is 10.8. The molecule has 0 radical (unpaired) electrons. The first-order valence-electron chi connectivity index (χ1n) is 20.4. The zero-order valence-corrected chi connectivity index (χ0v) is 35.7. The molecule has 4 aromatic rings. The van der Waals surface area contributed by atoms with E-state index in [-0.39, 0.29) is 18.9 Å². The van der Waals surface area contributed by atoms with Crippen molar-refractivity contribution in [2.45, 2.75) is 97.6 Å². The Bertz CT molecular complexity index is 2050. The van der Waals surface area contributed by atoms with Crippen LogP contribution >= 0.6 is 0 Å². The van der Waals surface area contributed by atoms with E-state index in [1.165, 1.54) is 0 Å². The molecule has 13 heteroatoms. The highest BCUT2D eigenvalue weighted by molar-refractivity contribution is 5.89. The van der Waals surface area contributed by atoms with Gasteiger partial charge in [-0.3, -0.25) is 14.6 Å². The lowest BCUT2D eigenvalue weighted by Gasteiger charge is -2.38. The highest BCUT2D eigenvalue weighted by Gasteiger charge is 2.44. The van der Waals surface area contributed by atoms with Gasteiger partial charge in [-0.2, -0.15) is 0 Å². The van der Waals surface area contributed by atoms with Crippen LogP contribution in [0.25, 0.3) is 11.3 Å². The Labute approximate surface area is 353 Å². The van der Waals surface area contributed by atoms with Crippen molar-refractivity contribution in [2.24, 2.45) is 10.8 Å². The van der Waals surface area contributed by atoms with E-state index in [1.54, 1.807) is 43.9 Å². The lowest BCUT2D eigenvalue weighted by Crippen LogP contribution is -2.59. The van der Waals surface area contributed by atoms with Crippen molar-refractivity contribution in [1.29, 1.82) is 0 Å². The van der Waals surface area contributed by atoms with Crippen LogP contribution in [0.2, 0.25) is 0 Å². The van der Waals surface area contributed by atoms with Gasteiger partial charge in [-0.1, -0.05) is 114 Å². The molecule has 5 N–H and O–H groups in total. The van der Waals surface area contributed by atoms with Gasteiger partial charge in [0.25, 0.3) is 0 Å². The van der Waals surface area contributed by atoms with Gasteiger partial charge >= 0.3 is 12.1 Å². The molecule has 1 aliphatic heterocycles. The van der Waals surface area contributed by atoms with Crippen LogP contribution in [0.3, 0.4) is 0 Å². The molecule has 0 unspecified atom stereocenters. The number of urea groups is 1. The molecule has 2 heterocycles. The number of benzene rings is 3. The summed E-state index contributed by atoms with van der Waals surface area (Å²) in [7, 11) is 1.59. The second-order valence-electron chi connectivity index (χ2n) is 17.7. The number of nitrogens with zero attached hydrogens (tertiary/aromatic N) is 3. The third kappa shape index (κ3) is 12.3. The zero-order chi connectivity index (χ0) is 43.6. The third-order valence-corrected chi connectivity index (χ3v) is 10.8. The van der Waals surface area contributed by atoms with Crippen LogP contribution in [0, 0.1) is 10.8 Å². The molecule has 1 fully saturated rings. The summed E-state index contributed by atoms with van der Waals surface area (Å²) in [6.45, 7) is 12.2. The normalized spacial score (nSPS) is 15.7. The first-order valence-corrected chi connectivity index (χ1v) is 20.4. The summed E-state index contributed by atoms with van der Waals surface area (Å²) >= 11 is 0. The number of nitrogens with one attached hydrogen (secondary N) is 3. The maximum Gasteiger partial charge on any atom is 0.405 e. The maximum absolute atomic E-state index is 14.6. The molecule has 0 saturated carbocycles. The van der Waals surface area contributed by atoms with Crippen LogP contribution in [0.15, 0.2) is 103 Å². The van der Waals surface area contributed by atoms with Gasteiger partial charge in [0.05, 0.1) is 24.9 Å². The second-order valence-corrected chi connectivity index (χ2v) is 17.7. The number of rotatable bonds is 17. The van der Waals surface area contributed by atoms with Crippen LogP contribution in [-0.2, 0) is 29.0 Å². The molecule has 3 aromatic carbocycles. The highest BCUT2D eigenvalue weighted by Crippen LogP contribution is 2.30. The minimum absolute atomic E-state index is 0.0204. The van der Waals surface area contributed by atoms with Crippen LogP contribution in [0.4, 0.5) is 9.59 Å². The van der Waals surface area contributed by atoms with Gasteiger partial charge in [0.15, 0.2) is 0 Å².